The first-order chi connectivity index (χ1) is 12.2. The monoisotopic (exact) mass is 338 g/mol. The topological polar surface area (TPSA) is 50.2 Å². The van der Waals surface area contributed by atoms with Crippen molar-refractivity contribution in [2.45, 2.75) is 38.1 Å². The molecule has 0 radical (unpaired) electrons. The van der Waals surface area contributed by atoms with Crippen LogP contribution in [0, 0.1) is 5.92 Å². The van der Waals surface area contributed by atoms with Gasteiger partial charge in [-0.2, -0.15) is 0 Å². The fraction of sp³-hybridized carbons (Fsp3) is 0.500. The Morgan fingerprint density at radius 3 is 3.04 bits per heavy atom. The van der Waals surface area contributed by atoms with Crippen LogP contribution in [0.4, 0.5) is 4.79 Å². The highest BCUT2D eigenvalue weighted by atomic mass is 16.2. The van der Waals surface area contributed by atoms with Crippen LogP contribution in [0.2, 0.25) is 0 Å². The van der Waals surface area contributed by atoms with Gasteiger partial charge < -0.3 is 14.8 Å². The van der Waals surface area contributed by atoms with Gasteiger partial charge in [-0.15, -0.1) is 0 Å². The molecule has 5 nitrogen and oxygen atoms in total. The number of imidazole rings is 1. The van der Waals surface area contributed by atoms with Crippen LogP contribution >= 0.6 is 0 Å². The molecule has 0 spiro atoms. The zero-order valence-electron chi connectivity index (χ0n) is 14.8. The summed E-state index contributed by atoms with van der Waals surface area (Å²) in [5.74, 6) is 1.61. The average molecular weight is 338 g/mol. The molecule has 1 N–H and O–H groups in total. The molecule has 1 aliphatic carbocycles. The first-order valence-corrected chi connectivity index (χ1v) is 9.30. The largest absolute Gasteiger partial charge is 0.338 e. The summed E-state index contributed by atoms with van der Waals surface area (Å²) in [6.07, 6.45) is 9.09. The molecule has 0 bridgehead atoms. The SMILES string of the molecule is Cn1ccnc1C[C@H]1CCCN(C(=O)N[C@@H]2CCc3ccccc32)C1. The number of aromatic nitrogens is 2. The summed E-state index contributed by atoms with van der Waals surface area (Å²) in [5, 5.41) is 3.26. The lowest BCUT2D eigenvalue weighted by molar-refractivity contribution is 0.161. The molecule has 2 amide bonds. The number of hydrogen-bond donors (Lipinski definition) is 1. The third-order valence-electron chi connectivity index (χ3n) is 5.63. The number of nitrogens with one attached hydrogen (secondary N) is 1. The van der Waals surface area contributed by atoms with E-state index in [0.29, 0.717) is 5.92 Å². The Labute approximate surface area is 149 Å². The number of aryl methyl sites for hydroxylation is 2. The molecular weight excluding hydrogens is 312 g/mol. The number of carbonyl (C=O) groups is 1. The number of likely N-dealkylation sites (tertiary alicyclic amines) is 1. The maximum Gasteiger partial charge on any atom is 0.317 e. The summed E-state index contributed by atoms with van der Waals surface area (Å²) in [7, 11) is 2.03. The molecule has 0 unspecified atom stereocenters. The summed E-state index contributed by atoms with van der Waals surface area (Å²) >= 11 is 0. The number of rotatable bonds is 3. The van der Waals surface area contributed by atoms with Gasteiger partial charge >= 0.3 is 6.03 Å². The van der Waals surface area contributed by atoms with E-state index in [9.17, 15) is 4.79 Å². The van der Waals surface area contributed by atoms with Gasteiger partial charge in [-0.25, -0.2) is 9.78 Å². The number of urea groups is 1. The molecule has 2 atom stereocenters. The molecular formula is C20H26N4O. The highest BCUT2D eigenvalue weighted by Gasteiger charge is 2.28. The van der Waals surface area contributed by atoms with Gasteiger partial charge in [-0.05, 0) is 42.7 Å². The molecule has 25 heavy (non-hydrogen) atoms. The van der Waals surface area contributed by atoms with E-state index in [1.54, 1.807) is 0 Å². The van der Waals surface area contributed by atoms with Crippen LogP contribution in [-0.4, -0.2) is 33.6 Å². The molecule has 2 aromatic rings. The number of nitrogens with zero attached hydrogens (tertiary/aromatic N) is 3. The third kappa shape index (κ3) is 3.41. The lowest BCUT2D eigenvalue weighted by atomic mass is 9.94. The van der Waals surface area contributed by atoms with Gasteiger partial charge in [0.25, 0.3) is 0 Å². The quantitative estimate of drug-likeness (QED) is 0.935. The summed E-state index contributed by atoms with van der Waals surface area (Å²) < 4.78 is 2.08. The second kappa shape index (κ2) is 6.90. The summed E-state index contributed by atoms with van der Waals surface area (Å²) in [4.78, 5) is 19.2. The van der Waals surface area contributed by atoms with E-state index >= 15 is 0 Å². The summed E-state index contributed by atoms with van der Waals surface area (Å²) in [6, 6.07) is 8.71. The van der Waals surface area contributed by atoms with Gasteiger partial charge in [0.2, 0.25) is 0 Å². The molecule has 132 valence electrons. The lowest BCUT2D eigenvalue weighted by Gasteiger charge is -2.33. The van der Waals surface area contributed by atoms with E-state index in [0.717, 1.165) is 44.6 Å². The molecule has 4 rings (SSSR count). The second-order valence-corrected chi connectivity index (χ2v) is 7.35. The molecule has 1 fully saturated rings. The van der Waals surface area contributed by atoms with Crippen LogP contribution in [0.25, 0.3) is 0 Å². The smallest absolute Gasteiger partial charge is 0.317 e. The Hall–Kier alpha value is -2.30. The highest BCUT2D eigenvalue weighted by Crippen LogP contribution is 2.31. The fourth-order valence-electron chi connectivity index (χ4n) is 4.21. The first kappa shape index (κ1) is 16.2. The van der Waals surface area contributed by atoms with Crippen molar-refractivity contribution in [1.82, 2.24) is 19.8 Å². The minimum Gasteiger partial charge on any atom is -0.338 e. The van der Waals surface area contributed by atoms with Crippen molar-refractivity contribution in [2.75, 3.05) is 13.1 Å². The van der Waals surface area contributed by atoms with Crippen molar-refractivity contribution in [2.24, 2.45) is 13.0 Å². The van der Waals surface area contributed by atoms with E-state index in [2.05, 4.69) is 39.1 Å². The molecule has 0 saturated carbocycles. The maximum absolute atomic E-state index is 12.8. The van der Waals surface area contributed by atoms with Crippen molar-refractivity contribution in [3.05, 3.63) is 53.6 Å². The zero-order valence-corrected chi connectivity index (χ0v) is 14.8. The van der Waals surface area contributed by atoms with Crippen molar-refractivity contribution in [3.8, 4) is 0 Å². The number of piperidine rings is 1. The van der Waals surface area contributed by atoms with Gasteiger partial charge in [0, 0.05) is 39.0 Å². The molecule has 1 aromatic carbocycles. The van der Waals surface area contributed by atoms with Gasteiger partial charge in [-0.1, -0.05) is 24.3 Å². The summed E-state index contributed by atoms with van der Waals surface area (Å²) in [5.41, 5.74) is 2.66. The normalized spacial score (nSPS) is 22.7. The second-order valence-electron chi connectivity index (χ2n) is 7.35. The molecule has 2 heterocycles. The Kier molecular flexibility index (Phi) is 4.47. The Bertz CT molecular complexity index is 754. The molecule has 1 saturated heterocycles. The Balaban J connectivity index is 1.37. The Morgan fingerprint density at radius 1 is 1.32 bits per heavy atom. The average Bonchev–Trinajstić information content (AvgIpc) is 3.22. The molecule has 1 aliphatic heterocycles. The molecule has 2 aliphatic rings. The standard InChI is InChI=1S/C20H26N4O/c1-23-12-10-21-19(23)13-15-5-4-11-24(14-15)20(25)22-18-9-8-16-6-2-3-7-17(16)18/h2-3,6-7,10,12,15,18H,4-5,8-9,11,13-14H2,1H3,(H,22,25)/t15-,18-/m1/s1. The minimum absolute atomic E-state index is 0.0891. The first-order valence-electron chi connectivity index (χ1n) is 9.30. The fourth-order valence-corrected chi connectivity index (χ4v) is 4.21. The third-order valence-corrected chi connectivity index (χ3v) is 5.63. The van der Waals surface area contributed by atoms with Gasteiger partial charge in [0.1, 0.15) is 5.82 Å². The number of carbonyl (C=O) groups excluding carboxylic acids is 1. The molecule has 5 heteroatoms. The van der Waals surface area contributed by atoms with E-state index in [1.165, 1.54) is 17.5 Å². The minimum atomic E-state index is 0.0891. The van der Waals surface area contributed by atoms with Crippen LogP contribution in [0.3, 0.4) is 0 Å². The number of fused-ring (bicyclic) bond motifs is 1. The number of amides is 2. The molecule has 1 aromatic heterocycles. The van der Waals surface area contributed by atoms with Crippen molar-refractivity contribution in [1.29, 1.82) is 0 Å². The predicted molar refractivity (Wildman–Crippen MR) is 97.2 cm³/mol. The van der Waals surface area contributed by atoms with E-state index in [-0.39, 0.29) is 12.1 Å². The maximum atomic E-state index is 12.8. The van der Waals surface area contributed by atoms with Gasteiger partial charge in [0.05, 0.1) is 6.04 Å². The van der Waals surface area contributed by atoms with Gasteiger partial charge in [0.15, 0.2) is 0 Å². The number of benzene rings is 1. The lowest BCUT2D eigenvalue weighted by Crippen LogP contribution is -2.46. The van der Waals surface area contributed by atoms with Crippen LogP contribution in [0.15, 0.2) is 36.7 Å². The van der Waals surface area contributed by atoms with Crippen molar-refractivity contribution < 1.29 is 4.79 Å². The zero-order chi connectivity index (χ0) is 17.2. The van der Waals surface area contributed by atoms with Crippen LogP contribution in [0.5, 0.6) is 0 Å². The van der Waals surface area contributed by atoms with E-state index in [4.69, 9.17) is 0 Å². The van der Waals surface area contributed by atoms with Crippen LogP contribution in [0.1, 0.15) is 42.3 Å². The Morgan fingerprint density at radius 2 is 2.20 bits per heavy atom. The van der Waals surface area contributed by atoms with Crippen LogP contribution in [-0.2, 0) is 19.9 Å². The predicted octanol–water partition coefficient (Wildman–Crippen LogP) is 3.07. The van der Waals surface area contributed by atoms with E-state index < -0.39 is 0 Å². The van der Waals surface area contributed by atoms with Crippen molar-refractivity contribution >= 4 is 6.03 Å². The van der Waals surface area contributed by atoms with Crippen molar-refractivity contribution in [3.63, 3.8) is 0 Å². The highest BCUT2D eigenvalue weighted by molar-refractivity contribution is 5.75. The summed E-state index contributed by atoms with van der Waals surface area (Å²) in [6.45, 7) is 1.68. The van der Waals surface area contributed by atoms with E-state index in [1.807, 2.05) is 24.3 Å². The number of hydrogen-bond acceptors (Lipinski definition) is 2. The van der Waals surface area contributed by atoms with Crippen LogP contribution < -0.4 is 5.32 Å². The van der Waals surface area contributed by atoms with Gasteiger partial charge in [-0.3, -0.25) is 0 Å².